The van der Waals surface area contributed by atoms with Crippen LogP contribution in [0.3, 0.4) is 0 Å². The summed E-state index contributed by atoms with van der Waals surface area (Å²) in [5.41, 5.74) is 0.695. The molecule has 0 aromatic carbocycles. The standard InChI is InChI=1S/C8H10OS/c1-6-4-7(5-10-6)8(9)2-3-8/h4-5,9H,2-3H2,1H3. The first-order valence-corrected chi connectivity index (χ1v) is 4.37. The molecule has 0 amide bonds. The summed E-state index contributed by atoms with van der Waals surface area (Å²) in [4.78, 5) is 1.29. The van der Waals surface area contributed by atoms with Crippen LogP contribution in [0.2, 0.25) is 0 Å². The maximum absolute atomic E-state index is 9.62. The smallest absolute Gasteiger partial charge is 0.0907 e. The molecule has 1 aliphatic rings. The van der Waals surface area contributed by atoms with Crippen LogP contribution in [-0.4, -0.2) is 5.11 Å². The van der Waals surface area contributed by atoms with Crippen molar-refractivity contribution in [3.8, 4) is 0 Å². The lowest BCUT2D eigenvalue weighted by Crippen LogP contribution is -2.00. The molecule has 1 nitrogen and oxygen atoms in total. The van der Waals surface area contributed by atoms with Gasteiger partial charge in [0.05, 0.1) is 5.60 Å². The third-order valence-corrected chi connectivity index (χ3v) is 2.85. The third-order valence-electron chi connectivity index (χ3n) is 1.99. The van der Waals surface area contributed by atoms with E-state index >= 15 is 0 Å². The van der Waals surface area contributed by atoms with E-state index in [0.29, 0.717) is 0 Å². The SMILES string of the molecule is Cc1cc(C2(O)CC2)cs1. The molecule has 0 spiro atoms. The fourth-order valence-corrected chi connectivity index (χ4v) is 1.89. The van der Waals surface area contributed by atoms with E-state index in [9.17, 15) is 5.11 Å². The normalized spacial score (nSPS) is 21.0. The van der Waals surface area contributed by atoms with Gasteiger partial charge in [0.25, 0.3) is 0 Å². The van der Waals surface area contributed by atoms with Gasteiger partial charge in [-0.1, -0.05) is 0 Å². The van der Waals surface area contributed by atoms with Crippen molar-refractivity contribution < 1.29 is 5.11 Å². The van der Waals surface area contributed by atoms with Crippen molar-refractivity contribution in [3.05, 3.63) is 21.9 Å². The van der Waals surface area contributed by atoms with Gasteiger partial charge in [-0.3, -0.25) is 0 Å². The lowest BCUT2D eigenvalue weighted by molar-refractivity contribution is 0.152. The van der Waals surface area contributed by atoms with Crippen LogP contribution >= 0.6 is 11.3 Å². The maximum atomic E-state index is 9.62. The average molecular weight is 154 g/mol. The van der Waals surface area contributed by atoms with Crippen molar-refractivity contribution >= 4 is 11.3 Å². The Labute approximate surface area is 64.3 Å². The molecule has 10 heavy (non-hydrogen) atoms. The van der Waals surface area contributed by atoms with Gasteiger partial charge in [-0.05, 0) is 36.8 Å². The second kappa shape index (κ2) is 1.83. The molecule has 0 saturated heterocycles. The summed E-state index contributed by atoms with van der Waals surface area (Å²) >= 11 is 1.71. The molecule has 0 aliphatic heterocycles. The average Bonchev–Trinajstić information content (AvgIpc) is 2.45. The van der Waals surface area contributed by atoms with Crippen LogP contribution < -0.4 is 0 Å². The molecule has 1 aromatic heterocycles. The van der Waals surface area contributed by atoms with Crippen LogP contribution in [-0.2, 0) is 5.60 Å². The van der Waals surface area contributed by atoms with Gasteiger partial charge in [-0.2, -0.15) is 0 Å². The number of hydrogen-bond acceptors (Lipinski definition) is 2. The van der Waals surface area contributed by atoms with E-state index in [0.717, 1.165) is 18.4 Å². The monoisotopic (exact) mass is 154 g/mol. The van der Waals surface area contributed by atoms with Gasteiger partial charge >= 0.3 is 0 Å². The second-order valence-electron chi connectivity index (χ2n) is 2.98. The highest BCUT2D eigenvalue weighted by Crippen LogP contribution is 2.46. The third kappa shape index (κ3) is 0.879. The van der Waals surface area contributed by atoms with E-state index in [2.05, 4.69) is 18.4 Å². The van der Waals surface area contributed by atoms with Crippen LogP contribution in [0.1, 0.15) is 23.3 Å². The molecular formula is C8H10OS. The van der Waals surface area contributed by atoms with Gasteiger partial charge in [-0.15, -0.1) is 11.3 Å². The molecule has 1 N–H and O–H groups in total. The minimum absolute atomic E-state index is 0.426. The fraction of sp³-hybridized carbons (Fsp3) is 0.500. The summed E-state index contributed by atoms with van der Waals surface area (Å²) in [7, 11) is 0. The van der Waals surface area contributed by atoms with Gasteiger partial charge in [-0.25, -0.2) is 0 Å². The highest BCUT2D eigenvalue weighted by Gasteiger charge is 2.42. The lowest BCUT2D eigenvalue weighted by Gasteiger charge is -2.01. The van der Waals surface area contributed by atoms with Gasteiger partial charge in [0.2, 0.25) is 0 Å². The van der Waals surface area contributed by atoms with Crippen molar-refractivity contribution in [2.24, 2.45) is 0 Å². The Kier molecular flexibility index (Phi) is 1.17. The van der Waals surface area contributed by atoms with Gasteiger partial charge < -0.3 is 5.11 Å². The molecule has 0 atom stereocenters. The van der Waals surface area contributed by atoms with Crippen LogP contribution in [0.15, 0.2) is 11.4 Å². The van der Waals surface area contributed by atoms with Crippen molar-refractivity contribution in [1.29, 1.82) is 0 Å². The quantitative estimate of drug-likeness (QED) is 0.656. The maximum Gasteiger partial charge on any atom is 0.0907 e. The van der Waals surface area contributed by atoms with E-state index in [1.807, 2.05) is 0 Å². The molecule has 1 aliphatic carbocycles. The number of aliphatic hydroxyl groups is 1. The number of rotatable bonds is 1. The molecular weight excluding hydrogens is 144 g/mol. The van der Waals surface area contributed by atoms with E-state index in [-0.39, 0.29) is 0 Å². The number of thiophene rings is 1. The Morgan fingerprint density at radius 3 is 2.70 bits per heavy atom. The summed E-state index contributed by atoms with van der Waals surface area (Å²) < 4.78 is 0. The largest absolute Gasteiger partial charge is 0.385 e. The van der Waals surface area contributed by atoms with Crippen LogP contribution in [0, 0.1) is 6.92 Å². The zero-order chi connectivity index (χ0) is 7.19. The lowest BCUT2D eigenvalue weighted by atomic mass is 10.2. The van der Waals surface area contributed by atoms with Crippen LogP contribution in [0.4, 0.5) is 0 Å². The highest BCUT2D eigenvalue weighted by atomic mass is 32.1. The number of aryl methyl sites for hydroxylation is 1. The predicted octanol–water partition coefficient (Wildman–Crippen LogP) is 2.04. The first kappa shape index (κ1) is 6.38. The molecule has 54 valence electrons. The molecule has 2 rings (SSSR count). The van der Waals surface area contributed by atoms with Gasteiger partial charge in [0.15, 0.2) is 0 Å². The second-order valence-corrected chi connectivity index (χ2v) is 4.09. The highest BCUT2D eigenvalue weighted by molar-refractivity contribution is 7.10. The zero-order valence-electron chi connectivity index (χ0n) is 5.92. The molecule has 1 aromatic rings. The van der Waals surface area contributed by atoms with Crippen LogP contribution in [0.25, 0.3) is 0 Å². The molecule has 0 unspecified atom stereocenters. The van der Waals surface area contributed by atoms with Gasteiger partial charge in [0, 0.05) is 4.88 Å². The summed E-state index contributed by atoms with van der Waals surface area (Å²) in [5, 5.41) is 11.7. The number of hydrogen-bond donors (Lipinski definition) is 1. The Hall–Kier alpha value is -0.340. The molecule has 0 radical (unpaired) electrons. The summed E-state index contributed by atoms with van der Waals surface area (Å²) in [6, 6.07) is 2.08. The Balaban J connectivity index is 2.34. The molecule has 1 fully saturated rings. The van der Waals surface area contributed by atoms with Crippen LogP contribution in [0.5, 0.6) is 0 Å². The molecule has 2 heteroatoms. The first-order chi connectivity index (χ1) is 4.71. The van der Waals surface area contributed by atoms with Gasteiger partial charge in [0.1, 0.15) is 0 Å². The van der Waals surface area contributed by atoms with Crippen molar-refractivity contribution in [3.63, 3.8) is 0 Å². The van der Waals surface area contributed by atoms with E-state index in [1.54, 1.807) is 11.3 Å². The molecule has 0 bridgehead atoms. The minimum Gasteiger partial charge on any atom is -0.385 e. The Morgan fingerprint density at radius 2 is 2.30 bits per heavy atom. The summed E-state index contributed by atoms with van der Waals surface area (Å²) in [5.74, 6) is 0. The first-order valence-electron chi connectivity index (χ1n) is 3.49. The molecule has 1 heterocycles. The van der Waals surface area contributed by atoms with Crippen molar-refractivity contribution in [2.75, 3.05) is 0 Å². The summed E-state index contributed by atoms with van der Waals surface area (Å²) in [6.45, 7) is 2.07. The predicted molar refractivity (Wildman–Crippen MR) is 42.2 cm³/mol. The minimum atomic E-state index is -0.426. The summed E-state index contributed by atoms with van der Waals surface area (Å²) in [6.07, 6.45) is 1.90. The molecule has 1 saturated carbocycles. The Morgan fingerprint density at radius 1 is 1.60 bits per heavy atom. The zero-order valence-corrected chi connectivity index (χ0v) is 6.74. The Bertz CT molecular complexity index is 248. The van der Waals surface area contributed by atoms with E-state index in [4.69, 9.17) is 0 Å². The van der Waals surface area contributed by atoms with Crippen molar-refractivity contribution in [1.82, 2.24) is 0 Å². The van der Waals surface area contributed by atoms with Crippen molar-refractivity contribution in [2.45, 2.75) is 25.4 Å². The topological polar surface area (TPSA) is 20.2 Å². The van der Waals surface area contributed by atoms with E-state index in [1.165, 1.54) is 4.88 Å². The fourth-order valence-electron chi connectivity index (χ4n) is 1.09. The van der Waals surface area contributed by atoms with E-state index < -0.39 is 5.60 Å².